The van der Waals surface area contributed by atoms with Crippen molar-refractivity contribution in [1.29, 1.82) is 0 Å². The van der Waals surface area contributed by atoms with Crippen molar-refractivity contribution in [3.8, 4) is 0 Å². The smallest absolute Gasteiger partial charge is 0.127 e. The van der Waals surface area contributed by atoms with E-state index in [1.807, 2.05) is 18.3 Å². The summed E-state index contributed by atoms with van der Waals surface area (Å²) in [6.07, 6.45) is 2.93. The average molecular weight is 247 g/mol. The Morgan fingerprint density at radius 1 is 1.29 bits per heavy atom. The number of hydrogen-bond donors (Lipinski definition) is 2. The van der Waals surface area contributed by atoms with Gasteiger partial charge in [-0.1, -0.05) is 13.0 Å². The molecular weight excluding hydrogens is 230 g/mol. The molecule has 0 aliphatic carbocycles. The van der Waals surface area contributed by atoms with Crippen molar-refractivity contribution in [2.75, 3.05) is 17.2 Å². The minimum atomic E-state index is 0.870. The van der Waals surface area contributed by atoms with Gasteiger partial charge in [0.25, 0.3) is 0 Å². The summed E-state index contributed by atoms with van der Waals surface area (Å²) in [5.41, 5.74) is 1.10. The Morgan fingerprint density at radius 3 is 3.00 bits per heavy atom. The summed E-state index contributed by atoms with van der Waals surface area (Å²) in [5.74, 6) is 0.933. The first-order chi connectivity index (χ1) is 8.38. The summed E-state index contributed by atoms with van der Waals surface area (Å²) in [4.78, 5) is 5.61. The van der Waals surface area contributed by atoms with E-state index in [1.165, 1.54) is 4.88 Å². The molecule has 0 spiro atoms. The van der Waals surface area contributed by atoms with Gasteiger partial charge in [-0.15, -0.1) is 11.3 Å². The largest absolute Gasteiger partial charge is 0.380 e. The highest BCUT2D eigenvalue weighted by Crippen LogP contribution is 2.15. The zero-order valence-corrected chi connectivity index (χ0v) is 10.8. The van der Waals surface area contributed by atoms with Gasteiger partial charge in [0.15, 0.2) is 0 Å². The number of rotatable bonds is 6. The quantitative estimate of drug-likeness (QED) is 0.819. The molecule has 2 N–H and O–H groups in total. The molecule has 2 rings (SSSR count). The lowest BCUT2D eigenvalue weighted by Gasteiger charge is -2.08. The monoisotopic (exact) mass is 247 g/mol. The average Bonchev–Trinajstić information content (AvgIpc) is 2.87. The maximum absolute atomic E-state index is 4.27. The van der Waals surface area contributed by atoms with E-state index < -0.39 is 0 Å². The van der Waals surface area contributed by atoms with Crippen molar-refractivity contribution in [3.63, 3.8) is 0 Å². The molecule has 0 radical (unpaired) electrons. The highest BCUT2D eigenvalue weighted by atomic mass is 32.1. The van der Waals surface area contributed by atoms with Crippen LogP contribution < -0.4 is 10.6 Å². The predicted octanol–water partition coefficient (Wildman–Crippen LogP) is 3.58. The van der Waals surface area contributed by atoms with Gasteiger partial charge in [0.2, 0.25) is 0 Å². The van der Waals surface area contributed by atoms with Gasteiger partial charge in [-0.25, -0.2) is 4.98 Å². The van der Waals surface area contributed by atoms with Crippen LogP contribution in [0.5, 0.6) is 0 Å². The van der Waals surface area contributed by atoms with Crippen LogP contribution in [0.1, 0.15) is 18.2 Å². The molecule has 0 fully saturated rings. The molecule has 0 aromatic carbocycles. The van der Waals surface area contributed by atoms with E-state index in [0.29, 0.717) is 0 Å². The van der Waals surface area contributed by atoms with Gasteiger partial charge in [0.1, 0.15) is 5.82 Å². The summed E-state index contributed by atoms with van der Waals surface area (Å²) in [6.45, 7) is 3.97. The lowest BCUT2D eigenvalue weighted by Crippen LogP contribution is -2.03. The molecule has 0 saturated carbocycles. The van der Waals surface area contributed by atoms with Crippen LogP contribution in [0, 0.1) is 0 Å². The molecule has 17 heavy (non-hydrogen) atoms. The van der Waals surface area contributed by atoms with Gasteiger partial charge in [-0.05, 0) is 23.9 Å². The Labute approximate surface area is 106 Å². The molecule has 4 heteroatoms. The first-order valence-electron chi connectivity index (χ1n) is 5.84. The van der Waals surface area contributed by atoms with Crippen molar-refractivity contribution in [1.82, 2.24) is 4.98 Å². The first kappa shape index (κ1) is 11.9. The predicted molar refractivity (Wildman–Crippen MR) is 74.7 cm³/mol. The molecule has 2 aromatic heterocycles. The molecule has 2 heterocycles. The fraction of sp³-hybridized carbons (Fsp3) is 0.308. The Morgan fingerprint density at radius 2 is 2.24 bits per heavy atom. The zero-order chi connectivity index (χ0) is 11.9. The summed E-state index contributed by atoms with van der Waals surface area (Å²) in [6, 6.07) is 8.24. The van der Waals surface area contributed by atoms with E-state index in [0.717, 1.165) is 31.0 Å². The number of nitrogens with zero attached hydrogens (tertiary/aromatic N) is 1. The van der Waals surface area contributed by atoms with Gasteiger partial charge in [0, 0.05) is 35.9 Å². The van der Waals surface area contributed by atoms with Crippen LogP contribution in [0.3, 0.4) is 0 Å². The summed E-state index contributed by atoms with van der Waals surface area (Å²) in [7, 11) is 0. The molecule has 0 amide bonds. The third kappa shape index (κ3) is 3.75. The van der Waals surface area contributed by atoms with Crippen molar-refractivity contribution >= 4 is 22.8 Å². The van der Waals surface area contributed by atoms with Crippen LogP contribution in [-0.2, 0) is 6.54 Å². The second-order valence-corrected chi connectivity index (χ2v) is 4.82. The molecule has 0 bridgehead atoms. The topological polar surface area (TPSA) is 37.0 Å². The maximum Gasteiger partial charge on any atom is 0.127 e. The maximum atomic E-state index is 4.27. The Hall–Kier alpha value is -1.55. The molecule has 90 valence electrons. The normalized spacial score (nSPS) is 10.2. The number of pyridine rings is 1. The minimum Gasteiger partial charge on any atom is -0.380 e. The SMILES string of the molecule is CCCNc1cc(NCc2cccs2)ccn1. The van der Waals surface area contributed by atoms with Gasteiger partial charge in [-0.3, -0.25) is 0 Å². The molecule has 3 nitrogen and oxygen atoms in total. The van der Waals surface area contributed by atoms with Gasteiger partial charge in [0.05, 0.1) is 0 Å². The van der Waals surface area contributed by atoms with Crippen LogP contribution in [-0.4, -0.2) is 11.5 Å². The highest BCUT2D eigenvalue weighted by Gasteiger charge is 1.97. The number of anilines is 2. The van der Waals surface area contributed by atoms with Gasteiger partial charge >= 0.3 is 0 Å². The molecular formula is C13H17N3S. The third-order valence-electron chi connectivity index (χ3n) is 2.36. The minimum absolute atomic E-state index is 0.870. The van der Waals surface area contributed by atoms with Crippen LogP contribution in [0.4, 0.5) is 11.5 Å². The Kier molecular flexibility index (Phi) is 4.38. The second-order valence-electron chi connectivity index (χ2n) is 3.79. The van der Waals surface area contributed by atoms with E-state index in [4.69, 9.17) is 0 Å². The molecule has 2 aromatic rings. The molecule has 0 unspecified atom stereocenters. The van der Waals surface area contributed by atoms with Crippen LogP contribution in [0.25, 0.3) is 0 Å². The lowest BCUT2D eigenvalue weighted by atomic mass is 10.3. The van der Waals surface area contributed by atoms with E-state index in [1.54, 1.807) is 11.3 Å². The van der Waals surface area contributed by atoms with Crippen molar-refractivity contribution in [3.05, 3.63) is 40.7 Å². The van der Waals surface area contributed by atoms with E-state index in [9.17, 15) is 0 Å². The summed E-state index contributed by atoms with van der Waals surface area (Å²) in [5, 5.41) is 8.77. The Bertz CT molecular complexity index is 440. The van der Waals surface area contributed by atoms with E-state index >= 15 is 0 Å². The zero-order valence-electron chi connectivity index (χ0n) is 9.94. The van der Waals surface area contributed by atoms with Crippen molar-refractivity contribution in [2.45, 2.75) is 19.9 Å². The second kappa shape index (κ2) is 6.25. The summed E-state index contributed by atoms with van der Waals surface area (Å²) < 4.78 is 0. The highest BCUT2D eigenvalue weighted by molar-refractivity contribution is 7.09. The van der Waals surface area contributed by atoms with Crippen LogP contribution in [0.2, 0.25) is 0 Å². The first-order valence-corrected chi connectivity index (χ1v) is 6.72. The molecule has 0 aliphatic heterocycles. The number of aromatic nitrogens is 1. The van der Waals surface area contributed by atoms with Crippen LogP contribution >= 0.6 is 11.3 Å². The summed E-state index contributed by atoms with van der Waals surface area (Å²) >= 11 is 1.77. The third-order valence-corrected chi connectivity index (χ3v) is 3.24. The van der Waals surface area contributed by atoms with Gasteiger partial charge < -0.3 is 10.6 Å². The van der Waals surface area contributed by atoms with Crippen molar-refractivity contribution in [2.24, 2.45) is 0 Å². The van der Waals surface area contributed by atoms with E-state index in [2.05, 4.69) is 40.1 Å². The lowest BCUT2D eigenvalue weighted by molar-refractivity contribution is 0.969. The van der Waals surface area contributed by atoms with Gasteiger partial charge in [-0.2, -0.15) is 0 Å². The fourth-order valence-corrected chi connectivity index (χ4v) is 2.14. The number of nitrogens with one attached hydrogen (secondary N) is 2. The fourth-order valence-electron chi connectivity index (χ4n) is 1.49. The number of hydrogen-bond acceptors (Lipinski definition) is 4. The van der Waals surface area contributed by atoms with E-state index in [-0.39, 0.29) is 0 Å². The molecule has 0 atom stereocenters. The molecule has 0 aliphatic rings. The van der Waals surface area contributed by atoms with Crippen molar-refractivity contribution < 1.29 is 0 Å². The van der Waals surface area contributed by atoms with Crippen LogP contribution in [0.15, 0.2) is 35.8 Å². The standard InChI is InChI=1S/C13H17N3S/c1-2-6-14-13-9-11(5-7-15-13)16-10-12-4-3-8-17-12/h3-5,7-9H,2,6,10H2,1H3,(H2,14,15,16). The Balaban J connectivity index is 1.91. The number of thiophene rings is 1. The molecule has 0 saturated heterocycles.